The third-order valence-corrected chi connectivity index (χ3v) is 3.10. The first kappa shape index (κ1) is 13.6. The quantitative estimate of drug-likeness (QED) is 0.426. The van der Waals surface area contributed by atoms with Crippen molar-refractivity contribution >= 4 is 5.97 Å². The number of nitrogens with zero attached hydrogens (tertiary/aromatic N) is 2. The van der Waals surface area contributed by atoms with Crippen molar-refractivity contribution < 1.29 is 9.53 Å². The zero-order valence-corrected chi connectivity index (χ0v) is 10.6. The minimum atomic E-state index is -0.530. The lowest BCUT2D eigenvalue weighted by molar-refractivity contribution is -0.138. The lowest BCUT2D eigenvalue weighted by Crippen LogP contribution is -2.30. The lowest BCUT2D eigenvalue weighted by Gasteiger charge is -2.30. The van der Waals surface area contributed by atoms with E-state index in [4.69, 9.17) is 10.00 Å². The molecule has 0 amide bonds. The molecular weight excluding hydrogens is 216 g/mol. The Kier molecular flexibility index (Phi) is 5.55. The van der Waals surface area contributed by atoms with Crippen LogP contribution in [-0.4, -0.2) is 30.6 Å². The minimum absolute atomic E-state index is 0.0833. The molecule has 0 unspecified atom stereocenters. The number of hydrogen-bond donors (Lipinski definition) is 0. The van der Waals surface area contributed by atoms with Gasteiger partial charge >= 0.3 is 5.97 Å². The average Bonchev–Trinajstić information content (AvgIpc) is 2.37. The summed E-state index contributed by atoms with van der Waals surface area (Å²) in [6.45, 7) is 2.03. The number of carbonyl (C=O) groups is 1. The van der Waals surface area contributed by atoms with Crippen LogP contribution in [0, 0.1) is 11.3 Å². The van der Waals surface area contributed by atoms with Crippen molar-refractivity contribution in [1.29, 1.82) is 5.26 Å². The molecule has 0 aromatic carbocycles. The molecule has 0 spiro atoms. The molecule has 1 fully saturated rings. The van der Waals surface area contributed by atoms with Crippen molar-refractivity contribution in [1.82, 2.24) is 4.90 Å². The molecule has 17 heavy (non-hydrogen) atoms. The number of esters is 1. The number of hydrogen-bond acceptors (Lipinski definition) is 4. The molecule has 1 rings (SSSR count). The monoisotopic (exact) mass is 236 g/mol. The highest BCUT2D eigenvalue weighted by atomic mass is 16.5. The fourth-order valence-electron chi connectivity index (χ4n) is 2.13. The van der Waals surface area contributed by atoms with Gasteiger partial charge in [-0.2, -0.15) is 5.26 Å². The van der Waals surface area contributed by atoms with E-state index < -0.39 is 5.97 Å². The Hall–Kier alpha value is -1.50. The number of rotatable bonds is 4. The fourth-order valence-corrected chi connectivity index (χ4v) is 2.13. The summed E-state index contributed by atoms with van der Waals surface area (Å²) in [5, 5.41) is 8.92. The SMILES string of the molecule is CCOC(=O)C(C#N)=CN(C)C1CCCCC1. The van der Waals surface area contributed by atoms with E-state index in [2.05, 4.69) is 0 Å². The highest BCUT2D eigenvalue weighted by Gasteiger charge is 2.18. The Bertz CT molecular complexity index is 325. The van der Waals surface area contributed by atoms with Crippen molar-refractivity contribution in [3.8, 4) is 6.07 Å². The Morgan fingerprint density at radius 2 is 2.12 bits per heavy atom. The molecule has 0 radical (unpaired) electrons. The summed E-state index contributed by atoms with van der Waals surface area (Å²) in [6.07, 6.45) is 7.63. The number of ether oxygens (including phenoxy) is 1. The van der Waals surface area contributed by atoms with Crippen LogP contribution in [0.1, 0.15) is 39.0 Å². The average molecular weight is 236 g/mol. The maximum absolute atomic E-state index is 11.5. The number of nitriles is 1. The minimum Gasteiger partial charge on any atom is -0.462 e. The van der Waals surface area contributed by atoms with Gasteiger partial charge in [-0.25, -0.2) is 4.79 Å². The van der Waals surface area contributed by atoms with Crippen molar-refractivity contribution in [2.45, 2.75) is 45.1 Å². The molecule has 4 nitrogen and oxygen atoms in total. The van der Waals surface area contributed by atoms with E-state index in [0.717, 1.165) is 12.8 Å². The summed E-state index contributed by atoms with van der Waals surface area (Å²) in [5.41, 5.74) is 0.0833. The highest BCUT2D eigenvalue weighted by molar-refractivity contribution is 5.92. The number of carbonyl (C=O) groups excluding carboxylic acids is 1. The molecule has 0 aromatic rings. The second-order valence-corrected chi connectivity index (χ2v) is 4.33. The molecule has 94 valence electrons. The van der Waals surface area contributed by atoms with Crippen LogP contribution in [0.4, 0.5) is 0 Å². The van der Waals surface area contributed by atoms with Crippen LogP contribution in [0.5, 0.6) is 0 Å². The molecule has 1 aliphatic carbocycles. The molecule has 0 bridgehead atoms. The normalized spacial score (nSPS) is 17.4. The second kappa shape index (κ2) is 6.95. The largest absolute Gasteiger partial charge is 0.462 e. The van der Waals surface area contributed by atoms with Crippen LogP contribution >= 0.6 is 0 Å². The van der Waals surface area contributed by atoms with Gasteiger partial charge in [-0.1, -0.05) is 19.3 Å². The molecule has 4 heteroatoms. The predicted molar refractivity (Wildman–Crippen MR) is 65.0 cm³/mol. The zero-order chi connectivity index (χ0) is 12.7. The smallest absolute Gasteiger partial charge is 0.350 e. The summed E-state index contributed by atoms with van der Waals surface area (Å²) < 4.78 is 4.83. The van der Waals surface area contributed by atoms with Gasteiger partial charge in [0.25, 0.3) is 0 Å². The van der Waals surface area contributed by atoms with Crippen molar-refractivity contribution in [2.24, 2.45) is 0 Å². The first-order valence-corrected chi connectivity index (χ1v) is 6.20. The van der Waals surface area contributed by atoms with Gasteiger partial charge in [0.2, 0.25) is 0 Å². The summed E-state index contributed by atoms with van der Waals surface area (Å²) in [4.78, 5) is 13.4. The van der Waals surface area contributed by atoms with E-state index in [1.165, 1.54) is 19.3 Å². The van der Waals surface area contributed by atoms with Gasteiger partial charge in [0, 0.05) is 19.3 Å². The first-order chi connectivity index (χ1) is 8.19. The van der Waals surface area contributed by atoms with Crippen LogP contribution in [0.2, 0.25) is 0 Å². The van der Waals surface area contributed by atoms with Crippen LogP contribution in [0.15, 0.2) is 11.8 Å². The van der Waals surface area contributed by atoms with Crippen molar-refractivity contribution in [3.05, 3.63) is 11.8 Å². The van der Waals surface area contributed by atoms with Gasteiger partial charge in [0.05, 0.1) is 6.61 Å². The summed E-state index contributed by atoms with van der Waals surface area (Å²) in [6, 6.07) is 2.35. The Morgan fingerprint density at radius 3 is 2.65 bits per heavy atom. The summed E-state index contributed by atoms with van der Waals surface area (Å²) in [5.74, 6) is -0.530. The zero-order valence-electron chi connectivity index (χ0n) is 10.6. The van der Waals surface area contributed by atoms with Gasteiger partial charge in [0.15, 0.2) is 5.57 Å². The van der Waals surface area contributed by atoms with Gasteiger partial charge in [0.1, 0.15) is 6.07 Å². The molecular formula is C13H20N2O2. The molecule has 0 N–H and O–H groups in total. The van der Waals surface area contributed by atoms with Crippen LogP contribution in [0.25, 0.3) is 0 Å². The molecule has 0 aromatic heterocycles. The Morgan fingerprint density at radius 1 is 1.47 bits per heavy atom. The summed E-state index contributed by atoms with van der Waals surface area (Å²) >= 11 is 0. The van der Waals surface area contributed by atoms with E-state index in [1.54, 1.807) is 13.1 Å². The van der Waals surface area contributed by atoms with Gasteiger partial charge in [-0.05, 0) is 19.8 Å². The van der Waals surface area contributed by atoms with E-state index >= 15 is 0 Å². The molecule has 0 atom stereocenters. The van der Waals surface area contributed by atoms with E-state index in [9.17, 15) is 4.79 Å². The third-order valence-electron chi connectivity index (χ3n) is 3.10. The van der Waals surface area contributed by atoms with Crippen LogP contribution < -0.4 is 0 Å². The second-order valence-electron chi connectivity index (χ2n) is 4.33. The van der Waals surface area contributed by atoms with E-state index in [1.807, 2.05) is 18.0 Å². The molecule has 0 heterocycles. The van der Waals surface area contributed by atoms with Gasteiger partial charge in [-0.15, -0.1) is 0 Å². The van der Waals surface area contributed by atoms with Crippen LogP contribution in [-0.2, 0) is 9.53 Å². The highest BCUT2D eigenvalue weighted by Crippen LogP contribution is 2.22. The Balaban J connectivity index is 2.63. The third kappa shape index (κ3) is 4.10. The predicted octanol–water partition coefficient (Wildman–Crippen LogP) is 2.22. The summed E-state index contributed by atoms with van der Waals surface area (Å²) in [7, 11) is 1.92. The molecule has 0 saturated heterocycles. The maximum Gasteiger partial charge on any atom is 0.350 e. The topological polar surface area (TPSA) is 53.3 Å². The van der Waals surface area contributed by atoms with E-state index in [0.29, 0.717) is 12.6 Å². The fraction of sp³-hybridized carbons (Fsp3) is 0.692. The van der Waals surface area contributed by atoms with Crippen LogP contribution in [0.3, 0.4) is 0 Å². The lowest BCUT2D eigenvalue weighted by atomic mass is 9.94. The first-order valence-electron chi connectivity index (χ1n) is 6.20. The molecule has 1 saturated carbocycles. The molecule has 0 aliphatic heterocycles. The van der Waals surface area contributed by atoms with Crippen molar-refractivity contribution in [2.75, 3.05) is 13.7 Å². The van der Waals surface area contributed by atoms with Crippen molar-refractivity contribution in [3.63, 3.8) is 0 Å². The Labute approximate surface area is 103 Å². The standard InChI is InChI=1S/C13H20N2O2/c1-3-17-13(16)11(9-14)10-15(2)12-7-5-4-6-8-12/h10,12H,3-8H2,1-2H3. The van der Waals surface area contributed by atoms with Gasteiger partial charge in [-0.3, -0.25) is 0 Å². The molecule has 1 aliphatic rings. The maximum atomic E-state index is 11.5. The van der Waals surface area contributed by atoms with E-state index in [-0.39, 0.29) is 5.57 Å². The van der Waals surface area contributed by atoms with Gasteiger partial charge < -0.3 is 9.64 Å².